The maximum Gasteiger partial charge on any atom is 0.122 e. The minimum absolute atomic E-state index is 0.241. The molecule has 3 nitrogen and oxygen atoms in total. The number of benzene rings is 1. The highest BCUT2D eigenvalue weighted by molar-refractivity contribution is 5.33. The van der Waals surface area contributed by atoms with Crippen molar-refractivity contribution in [3.05, 3.63) is 29.8 Å². The fraction of sp³-hybridized carbons (Fsp3) is 0.647. The van der Waals surface area contributed by atoms with Gasteiger partial charge in [0.25, 0.3) is 0 Å². The second-order valence-corrected chi connectivity index (χ2v) is 5.85. The van der Waals surface area contributed by atoms with Crippen molar-refractivity contribution in [1.82, 2.24) is 4.90 Å². The van der Waals surface area contributed by atoms with Crippen LogP contribution in [0.5, 0.6) is 5.75 Å². The number of hydrogen-bond donors (Lipinski definition) is 1. The van der Waals surface area contributed by atoms with Crippen LogP contribution in [0.25, 0.3) is 0 Å². The number of ether oxygens (including phenoxy) is 1. The smallest absolute Gasteiger partial charge is 0.122 e. The zero-order valence-corrected chi connectivity index (χ0v) is 13.6. The molecule has 1 aromatic rings. The molecule has 0 radical (unpaired) electrons. The molecule has 0 aliphatic heterocycles. The third kappa shape index (κ3) is 4.80. The fourth-order valence-electron chi connectivity index (χ4n) is 2.34. The molecule has 0 fully saturated rings. The Balaban J connectivity index is 2.59. The lowest BCUT2D eigenvalue weighted by Gasteiger charge is -2.30. The molecule has 3 atom stereocenters. The van der Waals surface area contributed by atoms with Gasteiger partial charge < -0.3 is 15.4 Å². The Labute approximate surface area is 124 Å². The maximum absolute atomic E-state index is 6.25. The van der Waals surface area contributed by atoms with Gasteiger partial charge in [-0.15, -0.1) is 0 Å². The van der Waals surface area contributed by atoms with Crippen LogP contribution in [-0.2, 0) is 6.42 Å². The van der Waals surface area contributed by atoms with Gasteiger partial charge in [0.1, 0.15) is 5.75 Å². The quantitative estimate of drug-likeness (QED) is 0.794. The van der Waals surface area contributed by atoms with Crippen LogP contribution in [0.1, 0.15) is 32.8 Å². The lowest BCUT2D eigenvalue weighted by atomic mass is 9.98. The molecule has 0 heterocycles. The summed E-state index contributed by atoms with van der Waals surface area (Å²) >= 11 is 0. The summed E-state index contributed by atoms with van der Waals surface area (Å²) in [6.07, 6.45) is 2.11. The Hall–Kier alpha value is -1.06. The third-order valence-electron chi connectivity index (χ3n) is 4.33. The Morgan fingerprint density at radius 3 is 2.50 bits per heavy atom. The molecule has 0 saturated heterocycles. The summed E-state index contributed by atoms with van der Waals surface area (Å²) in [5.74, 6) is 1.54. The molecule has 1 aromatic carbocycles. The lowest BCUT2D eigenvalue weighted by molar-refractivity contribution is 0.218. The molecular weight excluding hydrogens is 248 g/mol. The number of likely N-dealkylation sites (N-methyl/N-ethyl adjacent to an activating group) is 1. The van der Waals surface area contributed by atoms with Gasteiger partial charge in [0, 0.05) is 18.6 Å². The van der Waals surface area contributed by atoms with E-state index in [1.165, 1.54) is 5.56 Å². The lowest BCUT2D eigenvalue weighted by Crippen LogP contribution is -2.43. The van der Waals surface area contributed by atoms with Gasteiger partial charge >= 0.3 is 0 Å². The van der Waals surface area contributed by atoms with E-state index in [0.29, 0.717) is 12.0 Å². The van der Waals surface area contributed by atoms with E-state index in [1.54, 1.807) is 7.11 Å². The zero-order chi connectivity index (χ0) is 15.1. The first-order valence-electron chi connectivity index (χ1n) is 7.57. The number of rotatable bonds is 8. The predicted octanol–water partition coefficient (Wildman–Crippen LogP) is 2.93. The van der Waals surface area contributed by atoms with E-state index in [-0.39, 0.29) is 6.04 Å². The molecule has 3 unspecified atom stereocenters. The van der Waals surface area contributed by atoms with Crippen LogP contribution in [-0.4, -0.2) is 37.7 Å². The summed E-state index contributed by atoms with van der Waals surface area (Å²) in [7, 11) is 3.88. The minimum Gasteiger partial charge on any atom is -0.496 e. The van der Waals surface area contributed by atoms with Crippen molar-refractivity contribution in [2.24, 2.45) is 11.7 Å². The molecule has 0 bridgehead atoms. The Kier molecular flexibility index (Phi) is 7.03. The second kappa shape index (κ2) is 8.28. The van der Waals surface area contributed by atoms with Crippen molar-refractivity contribution in [3.63, 3.8) is 0 Å². The van der Waals surface area contributed by atoms with Crippen molar-refractivity contribution in [2.45, 2.75) is 45.7 Å². The number of nitrogens with two attached hydrogens (primary N) is 1. The van der Waals surface area contributed by atoms with Crippen LogP contribution in [0.15, 0.2) is 24.3 Å². The Morgan fingerprint density at radius 2 is 1.90 bits per heavy atom. The average Bonchev–Trinajstić information content (AvgIpc) is 2.46. The summed E-state index contributed by atoms with van der Waals surface area (Å²) in [4.78, 5) is 2.35. The van der Waals surface area contributed by atoms with Crippen LogP contribution in [0.2, 0.25) is 0 Å². The van der Waals surface area contributed by atoms with Crippen LogP contribution in [0.3, 0.4) is 0 Å². The number of nitrogens with zero attached hydrogens (tertiary/aromatic N) is 1. The van der Waals surface area contributed by atoms with E-state index < -0.39 is 0 Å². The van der Waals surface area contributed by atoms with Crippen molar-refractivity contribution in [3.8, 4) is 5.75 Å². The maximum atomic E-state index is 6.25. The summed E-state index contributed by atoms with van der Waals surface area (Å²) in [5.41, 5.74) is 7.51. The first-order valence-corrected chi connectivity index (χ1v) is 7.57. The molecular formula is C17H30N2O. The monoisotopic (exact) mass is 278 g/mol. The highest BCUT2D eigenvalue weighted by Crippen LogP contribution is 2.20. The molecule has 0 spiro atoms. The van der Waals surface area contributed by atoms with Crippen molar-refractivity contribution < 1.29 is 4.74 Å². The molecule has 0 saturated carbocycles. The van der Waals surface area contributed by atoms with Gasteiger partial charge in [0.2, 0.25) is 0 Å². The minimum atomic E-state index is 0.241. The van der Waals surface area contributed by atoms with Gasteiger partial charge in [-0.25, -0.2) is 0 Å². The first kappa shape index (κ1) is 17.0. The average molecular weight is 278 g/mol. The third-order valence-corrected chi connectivity index (χ3v) is 4.33. The van der Waals surface area contributed by atoms with E-state index in [4.69, 9.17) is 10.5 Å². The summed E-state index contributed by atoms with van der Waals surface area (Å²) in [6.45, 7) is 7.60. The largest absolute Gasteiger partial charge is 0.496 e. The van der Waals surface area contributed by atoms with Crippen LogP contribution >= 0.6 is 0 Å². The van der Waals surface area contributed by atoms with Crippen LogP contribution in [0.4, 0.5) is 0 Å². The van der Waals surface area contributed by atoms with Crippen molar-refractivity contribution >= 4 is 0 Å². The van der Waals surface area contributed by atoms with E-state index >= 15 is 0 Å². The van der Waals surface area contributed by atoms with Gasteiger partial charge in [0.15, 0.2) is 0 Å². The Bertz CT molecular complexity index is 394. The molecule has 20 heavy (non-hydrogen) atoms. The van der Waals surface area contributed by atoms with E-state index in [1.807, 2.05) is 12.1 Å². The standard InChI is InChI=1S/C17H30N2O/c1-6-13(2)16(18)12-19(4)14(3)11-15-9-7-8-10-17(15)20-5/h7-10,13-14,16H,6,11-12,18H2,1-5H3. The van der Waals surface area contributed by atoms with Crippen LogP contribution < -0.4 is 10.5 Å². The second-order valence-electron chi connectivity index (χ2n) is 5.85. The number of para-hydroxylation sites is 1. The number of methoxy groups -OCH3 is 1. The molecule has 0 aliphatic rings. The van der Waals surface area contributed by atoms with E-state index in [2.05, 4.69) is 44.9 Å². The molecule has 1 rings (SSSR count). The topological polar surface area (TPSA) is 38.5 Å². The first-order chi connectivity index (χ1) is 9.49. The molecule has 0 amide bonds. The summed E-state index contributed by atoms with van der Waals surface area (Å²) in [6, 6.07) is 8.92. The number of hydrogen-bond acceptors (Lipinski definition) is 3. The van der Waals surface area contributed by atoms with Gasteiger partial charge in [-0.1, -0.05) is 38.5 Å². The summed E-state index contributed by atoms with van der Waals surface area (Å²) in [5, 5.41) is 0. The van der Waals surface area contributed by atoms with Gasteiger partial charge in [-0.2, -0.15) is 0 Å². The SMILES string of the molecule is CCC(C)C(N)CN(C)C(C)Cc1ccccc1OC. The van der Waals surface area contributed by atoms with Gasteiger partial charge in [0.05, 0.1) is 7.11 Å². The fourth-order valence-corrected chi connectivity index (χ4v) is 2.34. The van der Waals surface area contributed by atoms with Crippen molar-refractivity contribution in [1.29, 1.82) is 0 Å². The molecule has 0 aromatic heterocycles. The summed E-state index contributed by atoms with van der Waals surface area (Å²) < 4.78 is 5.42. The Morgan fingerprint density at radius 1 is 1.25 bits per heavy atom. The molecule has 114 valence electrons. The van der Waals surface area contributed by atoms with E-state index in [9.17, 15) is 0 Å². The normalized spacial score (nSPS) is 15.9. The van der Waals surface area contributed by atoms with E-state index in [0.717, 1.165) is 25.1 Å². The molecule has 2 N–H and O–H groups in total. The highest BCUT2D eigenvalue weighted by atomic mass is 16.5. The van der Waals surface area contributed by atoms with Crippen molar-refractivity contribution in [2.75, 3.05) is 20.7 Å². The molecule has 3 heteroatoms. The van der Waals surface area contributed by atoms with Gasteiger partial charge in [-0.05, 0) is 37.9 Å². The van der Waals surface area contributed by atoms with Gasteiger partial charge in [-0.3, -0.25) is 0 Å². The zero-order valence-electron chi connectivity index (χ0n) is 13.6. The highest BCUT2D eigenvalue weighted by Gasteiger charge is 2.18. The van der Waals surface area contributed by atoms with Crippen LogP contribution in [0, 0.1) is 5.92 Å². The molecule has 0 aliphatic carbocycles. The predicted molar refractivity (Wildman–Crippen MR) is 86.2 cm³/mol.